The van der Waals surface area contributed by atoms with Crippen molar-refractivity contribution in [1.82, 2.24) is 0 Å². The Morgan fingerprint density at radius 3 is 2.48 bits per heavy atom. The maximum Gasteiger partial charge on any atom is 0.171 e. The summed E-state index contributed by atoms with van der Waals surface area (Å²) >= 11 is 3.40. The first kappa shape index (κ1) is 15.6. The molecule has 0 atom stereocenters. The van der Waals surface area contributed by atoms with Gasteiger partial charge in [-0.2, -0.15) is 0 Å². The van der Waals surface area contributed by atoms with Crippen molar-refractivity contribution in [3.05, 3.63) is 53.3 Å². The molecule has 2 aromatic carbocycles. The minimum atomic E-state index is -0.400. The lowest BCUT2D eigenvalue weighted by atomic mass is 10.2. The Balaban J connectivity index is 2.20. The summed E-state index contributed by atoms with van der Waals surface area (Å²) in [5, 5.41) is 0.646. The average Bonchev–Trinajstić information content (AvgIpc) is 2.53. The van der Waals surface area contributed by atoms with Gasteiger partial charge in [-0.3, -0.25) is 0 Å². The van der Waals surface area contributed by atoms with Crippen LogP contribution < -0.4 is 14.2 Å². The summed E-state index contributed by atoms with van der Waals surface area (Å²) in [7, 11) is 3.03. The minimum Gasteiger partial charge on any atom is -0.497 e. The number of methoxy groups -OCH3 is 2. The molecular formula is C16H16BrFO3. The van der Waals surface area contributed by atoms with Gasteiger partial charge in [-0.1, -0.05) is 34.1 Å². The molecule has 2 aromatic rings. The number of hydrogen-bond donors (Lipinski definition) is 0. The summed E-state index contributed by atoms with van der Waals surface area (Å²) in [6.07, 6.45) is 0. The molecule has 0 fully saturated rings. The fourth-order valence-corrected chi connectivity index (χ4v) is 2.35. The van der Waals surface area contributed by atoms with E-state index in [1.54, 1.807) is 31.4 Å². The van der Waals surface area contributed by atoms with Gasteiger partial charge in [0.2, 0.25) is 0 Å². The van der Waals surface area contributed by atoms with E-state index in [4.69, 9.17) is 14.2 Å². The number of ether oxygens (including phenoxy) is 3. The third-order valence-corrected chi connectivity index (χ3v) is 3.67. The van der Waals surface area contributed by atoms with Crippen molar-refractivity contribution >= 4 is 15.9 Å². The molecule has 0 aliphatic heterocycles. The van der Waals surface area contributed by atoms with Crippen LogP contribution in [-0.4, -0.2) is 14.2 Å². The van der Waals surface area contributed by atoms with E-state index < -0.39 is 5.82 Å². The molecule has 112 valence electrons. The summed E-state index contributed by atoms with van der Waals surface area (Å²) in [5.74, 6) is 1.17. The normalized spacial score (nSPS) is 10.3. The van der Waals surface area contributed by atoms with E-state index >= 15 is 0 Å². The van der Waals surface area contributed by atoms with Crippen molar-refractivity contribution in [1.29, 1.82) is 0 Å². The van der Waals surface area contributed by atoms with Gasteiger partial charge >= 0.3 is 0 Å². The quantitative estimate of drug-likeness (QED) is 0.723. The van der Waals surface area contributed by atoms with E-state index in [-0.39, 0.29) is 12.4 Å². The Morgan fingerprint density at radius 1 is 1.00 bits per heavy atom. The molecule has 21 heavy (non-hydrogen) atoms. The predicted molar refractivity (Wildman–Crippen MR) is 82.9 cm³/mol. The van der Waals surface area contributed by atoms with E-state index in [0.717, 1.165) is 5.56 Å². The number of halogens is 2. The SMILES string of the molecule is COc1ccc(CBr)c(OCc2cccc(OC)c2F)c1. The third-order valence-electron chi connectivity index (χ3n) is 3.06. The van der Waals surface area contributed by atoms with E-state index in [1.807, 2.05) is 12.1 Å². The number of alkyl halides is 1. The van der Waals surface area contributed by atoms with Crippen molar-refractivity contribution in [2.75, 3.05) is 14.2 Å². The summed E-state index contributed by atoms with van der Waals surface area (Å²) in [6, 6.07) is 10.5. The van der Waals surface area contributed by atoms with Crippen molar-refractivity contribution in [3.8, 4) is 17.2 Å². The topological polar surface area (TPSA) is 27.7 Å². The molecular weight excluding hydrogens is 339 g/mol. The van der Waals surface area contributed by atoms with E-state index in [0.29, 0.717) is 22.4 Å². The highest BCUT2D eigenvalue weighted by atomic mass is 79.9. The maximum atomic E-state index is 14.1. The van der Waals surface area contributed by atoms with Crippen molar-refractivity contribution in [3.63, 3.8) is 0 Å². The third kappa shape index (κ3) is 3.67. The van der Waals surface area contributed by atoms with Crippen LogP contribution in [0.25, 0.3) is 0 Å². The van der Waals surface area contributed by atoms with Crippen molar-refractivity contribution in [2.45, 2.75) is 11.9 Å². The van der Waals surface area contributed by atoms with Gasteiger partial charge in [0.15, 0.2) is 11.6 Å². The Labute approximate surface area is 131 Å². The molecule has 0 saturated heterocycles. The van der Waals surface area contributed by atoms with Crippen LogP contribution in [0, 0.1) is 5.82 Å². The standard InChI is InChI=1S/C16H16BrFO3/c1-19-13-7-6-11(9-17)15(8-13)21-10-12-4-3-5-14(20-2)16(12)18/h3-8H,9-10H2,1-2H3. The molecule has 0 aliphatic carbocycles. The first-order valence-electron chi connectivity index (χ1n) is 6.36. The smallest absolute Gasteiger partial charge is 0.171 e. The number of rotatable bonds is 6. The molecule has 0 N–H and O–H groups in total. The molecule has 0 unspecified atom stereocenters. The predicted octanol–water partition coefficient (Wildman–Crippen LogP) is 4.32. The molecule has 0 spiro atoms. The molecule has 3 nitrogen and oxygen atoms in total. The zero-order chi connectivity index (χ0) is 15.2. The highest BCUT2D eigenvalue weighted by Gasteiger charge is 2.10. The fourth-order valence-electron chi connectivity index (χ4n) is 1.89. The number of hydrogen-bond acceptors (Lipinski definition) is 3. The second-order valence-corrected chi connectivity index (χ2v) is 4.89. The first-order chi connectivity index (χ1) is 10.2. The van der Waals surface area contributed by atoms with Crippen LogP contribution in [0.4, 0.5) is 4.39 Å². The summed E-state index contributed by atoms with van der Waals surface area (Å²) in [6.45, 7) is 0.121. The molecule has 0 heterocycles. The van der Waals surface area contributed by atoms with Crippen LogP contribution in [0.15, 0.2) is 36.4 Å². The average molecular weight is 355 g/mol. The van der Waals surface area contributed by atoms with Gasteiger partial charge < -0.3 is 14.2 Å². The summed E-state index contributed by atoms with van der Waals surface area (Å²) in [5.41, 5.74) is 1.41. The second-order valence-electron chi connectivity index (χ2n) is 4.33. The monoisotopic (exact) mass is 354 g/mol. The Kier molecular flexibility index (Phi) is 5.44. The largest absolute Gasteiger partial charge is 0.497 e. The Hall–Kier alpha value is -1.75. The van der Waals surface area contributed by atoms with Gasteiger partial charge in [-0.15, -0.1) is 0 Å². The minimum absolute atomic E-state index is 0.121. The van der Waals surface area contributed by atoms with Gasteiger partial charge in [-0.05, 0) is 12.1 Å². The molecule has 0 bridgehead atoms. The van der Waals surface area contributed by atoms with Gasteiger partial charge in [0.05, 0.1) is 14.2 Å². The Bertz CT molecular complexity index is 616. The molecule has 0 amide bonds. The zero-order valence-electron chi connectivity index (χ0n) is 11.9. The first-order valence-corrected chi connectivity index (χ1v) is 7.48. The van der Waals surface area contributed by atoms with Crippen LogP contribution in [0.3, 0.4) is 0 Å². The molecule has 0 saturated carbocycles. The van der Waals surface area contributed by atoms with Crippen LogP contribution in [0.1, 0.15) is 11.1 Å². The Morgan fingerprint density at radius 2 is 1.81 bits per heavy atom. The second kappa shape index (κ2) is 7.31. The van der Waals surface area contributed by atoms with Gasteiger partial charge in [-0.25, -0.2) is 4.39 Å². The zero-order valence-corrected chi connectivity index (χ0v) is 13.4. The van der Waals surface area contributed by atoms with Crippen LogP contribution >= 0.6 is 15.9 Å². The van der Waals surface area contributed by atoms with E-state index in [9.17, 15) is 4.39 Å². The molecule has 2 rings (SSSR count). The molecule has 0 radical (unpaired) electrons. The molecule has 0 aliphatic rings. The summed E-state index contributed by atoms with van der Waals surface area (Å²) < 4.78 is 29.9. The van der Waals surface area contributed by atoms with Crippen molar-refractivity contribution < 1.29 is 18.6 Å². The molecule has 0 aromatic heterocycles. The van der Waals surface area contributed by atoms with E-state index in [1.165, 1.54) is 7.11 Å². The summed E-state index contributed by atoms with van der Waals surface area (Å²) in [4.78, 5) is 0. The lowest BCUT2D eigenvalue weighted by Gasteiger charge is -2.13. The van der Waals surface area contributed by atoms with Gasteiger partial charge in [0, 0.05) is 22.5 Å². The fraction of sp³-hybridized carbons (Fsp3) is 0.250. The number of benzene rings is 2. The highest BCUT2D eigenvalue weighted by molar-refractivity contribution is 9.08. The lowest BCUT2D eigenvalue weighted by molar-refractivity contribution is 0.291. The molecule has 5 heteroatoms. The van der Waals surface area contributed by atoms with E-state index in [2.05, 4.69) is 15.9 Å². The van der Waals surface area contributed by atoms with Crippen LogP contribution in [-0.2, 0) is 11.9 Å². The van der Waals surface area contributed by atoms with Crippen LogP contribution in [0.2, 0.25) is 0 Å². The maximum absolute atomic E-state index is 14.1. The van der Waals surface area contributed by atoms with Gasteiger partial charge in [0.1, 0.15) is 18.1 Å². The van der Waals surface area contributed by atoms with Gasteiger partial charge in [0.25, 0.3) is 0 Å². The van der Waals surface area contributed by atoms with Crippen LogP contribution in [0.5, 0.6) is 17.2 Å². The van der Waals surface area contributed by atoms with Crippen molar-refractivity contribution in [2.24, 2.45) is 0 Å². The lowest BCUT2D eigenvalue weighted by Crippen LogP contribution is -2.02. The highest BCUT2D eigenvalue weighted by Crippen LogP contribution is 2.28.